The lowest BCUT2D eigenvalue weighted by Crippen LogP contribution is -2.20. The molecule has 7 heteroatoms. The number of rotatable bonds is 9. The van der Waals surface area contributed by atoms with Gasteiger partial charge in [0.05, 0.1) is 12.7 Å². The Bertz CT molecular complexity index is 902. The van der Waals surface area contributed by atoms with Gasteiger partial charge in [-0.2, -0.15) is 0 Å². The molecule has 0 saturated carbocycles. The second-order valence-electron chi connectivity index (χ2n) is 5.73. The molecule has 0 aliphatic carbocycles. The van der Waals surface area contributed by atoms with Crippen LogP contribution in [-0.2, 0) is 19.1 Å². The molecule has 0 radical (unpaired) electrons. The van der Waals surface area contributed by atoms with Crippen LogP contribution < -0.4 is 10.1 Å². The maximum absolute atomic E-state index is 11.9. The smallest absolute Gasteiger partial charge is 0.337 e. The van der Waals surface area contributed by atoms with Gasteiger partial charge in [-0.15, -0.1) is 0 Å². The molecule has 7 nitrogen and oxygen atoms in total. The van der Waals surface area contributed by atoms with E-state index in [1.165, 1.54) is 19.3 Å². The Hall–Kier alpha value is -3.87. The summed E-state index contributed by atoms with van der Waals surface area (Å²) < 4.78 is 14.9. The van der Waals surface area contributed by atoms with Crippen LogP contribution in [-0.4, -0.2) is 38.2 Å². The largest absolute Gasteiger partial charge is 0.490 e. The zero-order chi connectivity index (χ0) is 21.1. The summed E-state index contributed by atoms with van der Waals surface area (Å²) in [6, 6.07) is 13.3. The maximum atomic E-state index is 11.9. The highest BCUT2D eigenvalue weighted by molar-refractivity contribution is 5.96. The van der Waals surface area contributed by atoms with E-state index in [0.29, 0.717) is 23.6 Å². The first-order chi connectivity index (χ1) is 14.0. The average Bonchev–Trinajstić information content (AvgIpc) is 2.75. The molecule has 0 aliphatic rings. The molecule has 2 aromatic carbocycles. The van der Waals surface area contributed by atoms with Gasteiger partial charge in [0.15, 0.2) is 6.61 Å². The fraction of sp³-hybridized carbons (Fsp3) is 0.136. The summed E-state index contributed by atoms with van der Waals surface area (Å²) in [4.78, 5) is 35.2. The monoisotopic (exact) mass is 395 g/mol. The molecule has 1 amide bonds. The van der Waals surface area contributed by atoms with Crippen LogP contribution in [0.2, 0.25) is 0 Å². The Morgan fingerprint density at radius 2 is 1.86 bits per heavy atom. The van der Waals surface area contributed by atoms with Crippen LogP contribution in [0.3, 0.4) is 0 Å². The second kappa shape index (κ2) is 11.1. The van der Waals surface area contributed by atoms with Crippen molar-refractivity contribution in [3.8, 4) is 5.75 Å². The van der Waals surface area contributed by atoms with E-state index in [4.69, 9.17) is 9.47 Å². The van der Waals surface area contributed by atoms with Crippen LogP contribution in [0.4, 0.5) is 5.69 Å². The molecule has 0 unspecified atom stereocenters. The molecule has 0 saturated heterocycles. The number of carbonyl (C=O) groups excluding carboxylic acids is 3. The lowest BCUT2D eigenvalue weighted by atomic mass is 10.2. The van der Waals surface area contributed by atoms with Gasteiger partial charge in [0.1, 0.15) is 12.4 Å². The minimum atomic E-state index is -0.657. The Morgan fingerprint density at radius 1 is 1.10 bits per heavy atom. The molecule has 29 heavy (non-hydrogen) atoms. The highest BCUT2D eigenvalue weighted by Crippen LogP contribution is 2.13. The molecule has 1 N–H and O–H groups in total. The molecular weight excluding hydrogens is 374 g/mol. The van der Waals surface area contributed by atoms with E-state index in [0.717, 1.165) is 5.56 Å². The first-order valence-corrected chi connectivity index (χ1v) is 8.68. The highest BCUT2D eigenvalue weighted by atomic mass is 16.5. The predicted octanol–water partition coefficient (Wildman–Crippen LogP) is 3.23. The quantitative estimate of drug-likeness (QED) is 0.398. The van der Waals surface area contributed by atoms with E-state index in [-0.39, 0.29) is 0 Å². The Labute approximate surface area is 168 Å². The molecule has 0 heterocycles. The molecule has 0 fully saturated rings. The van der Waals surface area contributed by atoms with Crippen molar-refractivity contribution >= 4 is 29.6 Å². The average molecular weight is 395 g/mol. The van der Waals surface area contributed by atoms with Crippen LogP contribution in [0.1, 0.15) is 15.9 Å². The minimum absolute atomic E-state index is 0.297. The fourth-order valence-corrected chi connectivity index (χ4v) is 2.22. The van der Waals surface area contributed by atoms with Gasteiger partial charge in [-0.3, -0.25) is 4.79 Å². The van der Waals surface area contributed by atoms with E-state index in [2.05, 4.69) is 16.6 Å². The molecular formula is C22H21NO6. The Morgan fingerprint density at radius 3 is 2.55 bits per heavy atom. The minimum Gasteiger partial charge on any atom is -0.490 e. The van der Waals surface area contributed by atoms with E-state index in [9.17, 15) is 14.4 Å². The number of carbonyl (C=O) groups is 3. The fourth-order valence-electron chi connectivity index (χ4n) is 2.22. The number of benzene rings is 2. The molecule has 2 aromatic rings. The Balaban J connectivity index is 1.81. The first kappa shape index (κ1) is 21.4. The predicted molar refractivity (Wildman–Crippen MR) is 109 cm³/mol. The summed E-state index contributed by atoms with van der Waals surface area (Å²) in [5.74, 6) is -1.01. The van der Waals surface area contributed by atoms with Gasteiger partial charge in [0.25, 0.3) is 5.91 Å². The third kappa shape index (κ3) is 7.34. The van der Waals surface area contributed by atoms with Crippen LogP contribution in [0.5, 0.6) is 5.75 Å². The molecule has 2 rings (SSSR count). The number of methoxy groups -OCH3 is 1. The lowest BCUT2D eigenvalue weighted by molar-refractivity contribution is -0.142. The molecule has 0 spiro atoms. The van der Waals surface area contributed by atoms with Gasteiger partial charge >= 0.3 is 11.9 Å². The topological polar surface area (TPSA) is 90.9 Å². The van der Waals surface area contributed by atoms with Crippen molar-refractivity contribution in [1.29, 1.82) is 0 Å². The summed E-state index contributed by atoms with van der Waals surface area (Å²) in [5, 5.41) is 2.54. The number of hydrogen-bond acceptors (Lipinski definition) is 6. The zero-order valence-corrected chi connectivity index (χ0v) is 15.9. The molecule has 0 atom stereocenters. The molecule has 0 aromatic heterocycles. The van der Waals surface area contributed by atoms with Crippen LogP contribution in [0, 0.1) is 0 Å². The number of hydrogen-bond donors (Lipinski definition) is 1. The summed E-state index contributed by atoms with van der Waals surface area (Å²) >= 11 is 0. The van der Waals surface area contributed by atoms with Crippen LogP contribution in [0.15, 0.2) is 67.3 Å². The second-order valence-corrected chi connectivity index (χ2v) is 5.73. The van der Waals surface area contributed by atoms with Crippen molar-refractivity contribution in [2.24, 2.45) is 0 Å². The van der Waals surface area contributed by atoms with Crippen molar-refractivity contribution in [2.75, 3.05) is 25.6 Å². The number of anilines is 1. The van der Waals surface area contributed by atoms with Crippen LogP contribution in [0.25, 0.3) is 6.08 Å². The zero-order valence-electron chi connectivity index (χ0n) is 15.9. The summed E-state index contributed by atoms with van der Waals surface area (Å²) in [6.07, 6.45) is 4.44. The SMILES string of the molecule is C=CCOc1ccc(/C=C/C(=O)OCC(=O)Nc2cccc(C(=O)OC)c2)cc1. The van der Waals surface area contributed by atoms with Gasteiger partial charge in [-0.25, -0.2) is 9.59 Å². The van der Waals surface area contributed by atoms with E-state index in [1.807, 2.05) is 0 Å². The Kier molecular flexibility index (Phi) is 8.19. The number of esters is 2. The summed E-state index contributed by atoms with van der Waals surface area (Å²) in [6.45, 7) is 3.53. The van der Waals surface area contributed by atoms with E-state index in [1.54, 1.807) is 54.6 Å². The van der Waals surface area contributed by atoms with Crippen molar-refractivity contribution in [3.63, 3.8) is 0 Å². The summed E-state index contributed by atoms with van der Waals surface area (Å²) in [7, 11) is 1.27. The first-order valence-electron chi connectivity index (χ1n) is 8.68. The maximum Gasteiger partial charge on any atom is 0.337 e. The third-order valence-corrected chi connectivity index (χ3v) is 3.57. The van der Waals surface area contributed by atoms with Crippen molar-refractivity contribution in [3.05, 3.63) is 78.4 Å². The molecule has 0 aliphatic heterocycles. The van der Waals surface area contributed by atoms with Gasteiger partial charge in [-0.05, 0) is 42.0 Å². The number of amides is 1. The van der Waals surface area contributed by atoms with Crippen molar-refractivity contribution in [1.82, 2.24) is 0 Å². The van der Waals surface area contributed by atoms with Gasteiger partial charge in [-0.1, -0.05) is 30.9 Å². The van der Waals surface area contributed by atoms with Crippen molar-refractivity contribution in [2.45, 2.75) is 0 Å². The standard InChI is InChI=1S/C22H21NO6/c1-3-13-28-19-10-7-16(8-11-19)9-12-21(25)29-15-20(24)23-18-6-4-5-17(14-18)22(26)27-2/h3-12,14H,1,13,15H2,2H3,(H,23,24)/b12-9+. The van der Waals surface area contributed by atoms with E-state index >= 15 is 0 Å². The normalized spacial score (nSPS) is 10.2. The number of ether oxygens (including phenoxy) is 3. The highest BCUT2D eigenvalue weighted by Gasteiger charge is 2.09. The van der Waals surface area contributed by atoms with Crippen molar-refractivity contribution < 1.29 is 28.6 Å². The lowest BCUT2D eigenvalue weighted by Gasteiger charge is -2.07. The van der Waals surface area contributed by atoms with Gasteiger partial charge in [0.2, 0.25) is 0 Å². The van der Waals surface area contributed by atoms with Crippen LogP contribution >= 0.6 is 0 Å². The summed E-state index contributed by atoms with van der Waals surface area (Å²) in [5.41, 5.74) is 1.46. The van der Waals surface area contributed by atoms with E-state index < -0.39 is 24.5 Å². The van der Waals surface area contributed by atoms with Gasteiger partial charge in [0, 0.05) is 11.8 Å². The van der Waals surface area contributed by atoms with Gasteiger partial charge < -0.3 is 19.5 Å². The molecule has 0 bridgehead atoms. The number of nitrogens with one attached hydrogen (secondary N) is 1. The third-order valence-electron chi connectivity index (χ3n) is 3.57. The molecule has 150 valence electrons.